The minimum atomic E-state index is -4.62. The van der Waals surface area contributed by atoms with Crippen molar-refractivity contribution in [3.8, 4) is 5.75 Å². The number of hydrogen-bond donors (Lipinski definition) is 0. The maximum Gasteiger partial charge on any atom is 0.416 e. The SMILES string of the molecule is CCC(C)OC(=O)c1cnccc1C(=O)c1ccc(C(F)(F)F)cc1OCOC. The number of methoxy groups -OCH3 is 1. The number of aromatic nitrogens is 1. The molecule has 156 valence electrons. The summed E-state index contributed by atoms with van der Waals surface area (Å²) in [5.41, 5.74) is -1.28. The number of alkyl halides is 3. The molecule has 6 nitrogen and oxygen atoms in total. The zero-order chi connectivity index (χ0) is 21.6. The number of pyridine rings is 1. The number of hydrogen-bond acceptors (Lipinski definition) is 6. The molecule has 0 amide bonds. The van der Waals surface area contributed by atoms with Gasteiger partial charge in [0.15, 0.2) is 12.6 Å². The van der Waals surface area contributed by atoms with E-state index in [9.17, 15) is 22.8 Å². The fourth-order valence-electron chi connectivity index (χ4n) is 2.36. The Balaban J connectivity index is 2.48. The lowest BCUT2D eigenvalue weighted by Crippen LogP contribution is -2.18. The van der Waals surface area contributed by atoms with Crippen LogP contribution in [0.25, 0.3) is 0 Å². The van der Waals surface area contributed by atoms with E-state index < -0.39 is 23.5 Å². The Morgan fingerprint density at radius 3 is 2.48 bits per heavy atom. The van der Waals surface area contributed by atoms with Gasteiger partial charge in [0.05, 0.1) is 22.8 Å². The molecule has 0 spiro atoms. The van der Waals surface area contributed by atoms with Crippen molar-refractivity contribution in [2.24, 2.45) is 0 Å². The summed E-state index contributed by atoms with van der Waals surface area (Å²) in [5, 5.41) is 0. The van der Waals surface area contributed by atoms with E-state index >= 15 is 0 Å². The number of carbonyl (C=O) groups is 2. The van der Waals surface area contributed by atoms with Crippen molar-refractivity contribution in [3.63, 3.8) is 0 Å². The first kappa shape index (κ1) is 22.4. The standard InChI is InChI=1S/C20H20F3NO5/c1-4-12(2)29-19(26)16-10-24-8-7-14(16)18(25)15-6-5-13(20(21,22)23)9-17(15)28-11-27-3/h5-10,12H,4,11H2,1-3H3. The van der Waals surface area contributed by atoms with Crippen molar-refractivity contribution in [2.75, 3.05) is 13.9 Å². The highest BCUT2D eigenvalue weighted by atomic mass is 19.4. The molecule has 0 aliphatic carbocycles. The summed E-state index contributed by atoms with van der Waals surface area (Å²) in [6.07, 6.45) is -1.94. The van der Waals surface area contributed by atoms with Gasteiger partial charge in [-0.25, -0.2) is 4.79 Å². The molecule has 0 N–H and O–H groups in total. The Morgan fingerprint density at radius 1 is 1.14 bits per heavy atom. The fourth-order valence-corrected chi connectivity index (χ4v) is 2.36. The Hall–Kier alpha value is -2.94. The fraction of sp³-hybridized carbons (Fsp3) is 0.350. The summed E-state index contributed by atoms with van der Waals surface area (Å²) in [5.74, 6) is -1.77. The molecule has 0 aliphatic rings. The van der Waals surface area contributed by atoms with Crippen molar-refractivity contribution in [2.45, 2.75) is 32.5 Å². The number of ether oxygens (including phenoxy) is 3. The number of carbonyl (C=O) groups excluding carboxylic acids is 2. The zero-order valence-electron chi connectivity index (χ0n) is 16.1. The molecule has 1 heterocycles. The van der Waals surface area contributed by atoms with Gasteiger partial charge in [-0.15, -0.1) is 0 Å². The van der Waals surface area contributed by atoms with Crippen LogP contribution >= 0.6 is 0 Å². The largest absolute Gasteiger partial charge is 0.467 e. The second kappa shape index (κ2) is 9.51. The van der Waals surface area contributed by atoms with Gasteiger partial charge in [0.2, 0.25) is 0 Å². The molecule has 0 fully saturated rings. The zero-order valence-corrected chi connectivity index (χ0v) is 16.1. The summed E-state index contributed by atoms with van der Waals surface area (Å²) >= 11 is 0. The number of halogens is 3. The average molecular weight is 411 g/mol. The van der Waals surface area contributed by atoms with E-state index in [-0.39, 0.29) is 35.3 Å². The van der Waals surface area contributed by atoms with E-state index in [1.54, 1.807) is 6.92 Å². The minimum Gasteiger partial charge on any atom is -0.467 e. The third-order valence-electron chi connectivity index (χ3n) is 4.05. The van der Waals surface area contributed by atoms with Gasteiger partial charge in [-0.05, 0) is 37.6 Å². The third-order valence-corrected chi connectivity index (χ3v) is 4.05. The van der Waals surface area contributed by atoms with Crippen LogP contribution in [0, 0.1) is 0 Å². The number of nitrogens with zero attached hydrogens (tertiary/aromatic N) is 1. The topological polar surface area (TPSA) is 74.7 Å². The third kappa shape index (κ3) is 5.54. The highest BCUT2D eigenvalue weighted by Gasteiger charge is 2.32. The average Bonchev–Trinajstić information content (AvgIpc) is 2.70. The van der Waals surface area contributed by atoms with E-state index in [4.69, 9.17) is 14.2 Å². The lowest BCUT2D eigenvalue weighted by Gasteiger charge is -2.15. The lowest BCUT2D eigenvalue weighted by atomic mass is 9.98. The van der Waals surface area contributed by atoms with Crippen LogP contribution in [0.5, 0.6) is 5.75 Å². The van der Waals surface area contributed by atoms with Gasteiger partial charge in [-0.2, -0.15) is 13.2 Å². The van der Waals surface area contributed by atoms with E-state index in [2.05, 4.69) is 4.98 Å². The van der Waals surface area contributed by atoms with Crippen LogP contribution in [0.3, 0.4) is 0 Å². The molecule has 1 aromatic heterocycles. The number of esters is 1. The van der Waals surface area contributed by atoms with Crippen LogP contribution in [0.4, 0.5) is 13.2 Å². The van der Waals surface area contributed by atoms with E-state index in [0.717, 1.165) is 12.1 Å². The van der Waals surface area contributed by atoms with Gasteiger partial charge in [-0.1, -0.05) is 6.92 Å². The summed E-state index contributed by atoms with van der Waals surface area (Å²) in [6, 6.07) is 3.78. The van der Waals surface area contributed by atoms with Crippen LogP contribution in [0.2, 0.25) is 0 Å². The first-order chi connectivity index (χ1) is 13.7. The van der Waals surface area contributed by atoms with Crippen LogP contribution in [-0.2, 0) is 15.7 Å². The molecular formula is C20H20F3NO5. The monoisotopic (exact) mass is 411 g/mol. The highest BCUT2D eigenvalue weighted by molar-refractivity contribution is 6.15. The predicted octanol–water partition coefficient (Wildman–Crippen LogP) is 4.27. The quantitative estimate of drug-likeness (QED) is 0.367. The Kier molecular flexibility index (Phi) is 7.33. The smallest absolute Gasteiger partial charge is 0.416 e. The second-order valence-corrected chi connectivity index (χ2v) is 6.13. The summed E-state index contributed by atoms with van der Waals surface area (Å²) < 4.78 is 54.2. The van der Waals surface area contributed by atoms with Crippen LogP contribution < -0.4 is 4.74 Å². The molecule has 0 radical (unpaired) electrons. The molecule has 1 aromatic carbocycles. The summed E-state index contributed by atoms with van der Waals surface area (Å²) in [6.45, 7) is 3.16. The molecule has 2 aromatic rings. The normalized spacial score (nSPS) is 12.3. The van der Waals surface area contributed by atoms with Crippen LogP contribution in [-0.4, -0.2) is 36.7 Å². The molecular weight excluding hydrogens is 391 g/mol. The first-order valence-corrected chi connectivity index (χ1v) is 8.71. The van der Waals surface area contributed by atoms with Gasteiger partial charge in [-0.3, -0.25) is 9.78 Å². The molecule has 0 saturated heterocycles. The maximum atomic E-state index is 13.0. The molecule has 1 atom stereocenters. The molecule has 0 saturated carbocycles. The van der Waals surface area contributed by atoms with Crippen molar-refractivity contribution in [1.29, 1.82) is 0 Å². The maximum absolute atomic E-state index is 13.0. The summed E-state index contributed by atoms with van der Waals surface area (Å²) in [7, 11) is 1.29. The Morgan fingerprint density at radius 2 is 1.86 bits per heavy atom. The Labute approximate surface area is 165 Å². The van der Waals surface area contributed by atoms with E-state index in [0.29, 0.717) is 12.5 Å². The molecule has 1 unspecified atom stereocenters. The van der Waals surface area contributed by atoms with Gasteiger partial charge in [0, 0.05) is 25.1 Å². The molecule has 9 heteroatoms. The van der Waals surface area contributed by atoms with Crippen LogP contribution in [0.15, 0.2) is 36.7 Å². The second-order valence-electron chi connectivity index (χ2n) is 6.13. The van der Waals surface area contributed by atoms with Gasteiger partial charge in [0.1, 0.15) is 5.75 Å². The summed E-state index contributed by atoms with van der Waals surface area (Å²) in [4.78, 5) is 29.3. The number of rotatable bonds is 8. The highest BCUT2D eigenvalue weighted by Crippen LogP contribution is 2.34. The van der Waals surface area contributed by atoms with E-state index in [1.165, 1.54) is 25.6 Å². The predicted molar refractivity (Wildman–Crippen MR) is 96.8 cm³/mol. The van der Waals surface area contributed by atoms with E-state index in [1.807, 2.05) is 6.92 Å². The van der Waals surface area contributed by atoms with Crippen molar-refractivity contribution >= 4 is 11.8 Å². The number of ketones is 1. The lowest BCUT2D eigenvalue weighted by molar-refractivity contribution is -0.137. The Bertz CT molecular complexity index is 883. The van der Waals surface area contributed by atoms with Gasteiger partial charge in [0.25, 0.3) is 0 Å². The van der Waals surface area contributed by atoms with Crippen molar-refractivity contribution in [3.05, 3.63) is 58.9 Å². The van der Waals surface area contributed by atoms with Gasteiger partial charge < -0.3 is 14.2 Å². The number of benzene rings is 1. The molecule has 0 aliphatic heterocycles. The van der Waals surface area contributed by atoms with Crippen LogP contribution in [0.1, 0.15) is 52.1 Å². The molecule has 29 heavy (non-hydrogen) atoms. The molecule has 2 rings (SSSR count). The van der Waals surface area contributed by atoms with Crippen molar-refractivity contribution in [1.82, 2.24) is 4.98 Å². The first-order valence-electron chi connectivity index (χ1n) is 8.71. The van der Waals surface area contributed by atoms with Gasteiger partial charge >= 0.3 is 12.1 Å². The molecule has 0 bridgehead atoms. The minimum absolute atomic E-state index is 0.0599. The van der Waals surface area contributed by atoms with Crippen molar-refractivity contribution < 1.29 is 37.0 Å².